The summed E-state index contributed by atoms with van der Waals surface area (Å²) in [4.78, 5) is 11.4. The van der Waals surface area contributed by atoms with Crippen molar-refractivity contribution in [3.05, 3.63) is 107 Å². The van der Waals surface area contributed by atoms with Gasteiger partial charge >= 0.3 is 5.97 Å². The van der Waals surface area contributed by atoms with Crippen molar-refractivity contribution in [2.24, 2.45) is 0 Å². The molecule has 1 aliphatic carbocycles. The fourth-order valence-electron chi connectivity index (χ4n) is 8.85. The minimum absolute atomic E-state index is 0.0342. The normalized spacial score (nSPS) is 12.9. The van der Waals surface area contributed by atoms with E-state index in [-0.39, 0.29) is 11.0 Å². The van der Waals surface area contributed by atoms with E-state index in [2.05, 4.69) is 88.4 Å². The molecular formula is C48H53N3O2S. The van der Waals surface area contributed by atoms with Gasteiger partial charge in [-0.05, 0) is 66.3 Å². The number of benzene rings is 4. The molecule has 5 nitrogen and oxygen atoms in total. The van der Waals surface area contributed by atoms with Crippen molar-refractivity contribution in [2.45, 2.75) is 123 Å². The van der Waals surface area contributed by atoms with E-state index in [1.165, 1.54) is 124 Å². The molecule has 1 N–H and O–H groups in total. The number of hydrogen-bond donors (Lipinski definition) is 1. The Hall–Kier alpha value is -4.73. The van der Waals surface area contributed by atoms with E-state index in [0.717, 1.165) is 39.8 Å². The van der Waals surface area contributed by atoms with Crippen LogP contribution in [0.2, 0.25) is 0 Å². The van der Waals surface area contributed by atoms with Crippen LogP contribution in [-0.2, 0) is 12.0 Å². The number of unbranched alkanes of at least 4 members (excludes halogenated alkanes) is 9. The van der Waals surface area contributed by atoms with E-state index in [9.17, 15) is 9.90 Å². The maximum absolute atomic E-state index is 11.4. The monoisotopic (exact) mass is 735 g/mol. The van der Waals surface area contributed by atoms with Crippen molar-refractivity contribution in [3.8, 4) is 34.2 Å². The number of carboxylic acid groups (broad SMARTS) is 1. The van der Waals surface area contributed by atoms with E-state index in [4.69, 9.17) is 0 Å². The van der Waals surface area contributed by atoms with Gasteiger partial charge in [-0.25, -0.2) is 4.79 Å². The van der Waals surface area contributed by atoms with Crippen LogP contribution < -0.4 is 0 Å². The van der Waals surface area contributed by atoms with Gasteiger partial charge in [0.1, 0.15) is 11.0 Å². The summed E-state index contributed by atoms with van der Waals surface area (Å²) >= 11 is 1.18. The molecule has 0 spiro atoms. The third-order valence-corrected chi connectivity index (χ3v) is 12.1. The topological polar surface area (TPSA) is 68.0 Å². The number of fused-ring (bicyclic) bond motifs is 6. The second-order valence-electron chi connectivity index (χ2n) is 15.2. The number of aryl methyl sites for hydroxylation is 1. The largest absolute Gasteiger partial charge is 0.478 e. The van der Waals surface area contributed by atoms with Gasteiger partial charge in [-0.2, -0.15) is 8.75 Å². The molecule has 278 valence electrons. The van der Waals surface area contributed by atoms with Crippen molar-refractivity contribution in [2.75, 3.05) is 0 Å². The molecule has 0 saturated heterocycles. The minimum atomic E-state index is -0.937. The molecule has 2 heterocycles. The smallest absolute Gasteiger partial charge is 0.335 e. The minimum Gasteiger partial charge on any atom is -0.478 e. The molecule has 2 aromatic heterocycles. The van der Waals surface area contributed by atoms with Crippen molar-refractivity contribution >= 4 is 39.6 Å². The molecule has 0 fully saturated rings. The van der Waals surface area contributed by atoms with Crippen molar-refractivity contribution in [1.29, 1.82) is 0 Å². The SMILES string of the molecule is CCCCCCn1c2c(c3ccc(C#Cc4ccc(-c5ccc(C(=O)O)cc5)c5nsnc45)cc31)C(CCCCCC)(CCCCCC)c1ccccc1-2. The number of carboxylic acids is 1. The zero-order valence-electron chi connectivity index (χ0n) is 32.2. The Morgan fingerprint density at radius 2 is 1.41 bits per heavy atom. The summed E-state index contributed by atoms with van der Waals surface area (Å²) in [5.41, 5.74) is 12.9. The van der Waals surface area contributed by atoms with Crippen molar-refractivity contribution in [3.63, 3.8) is 0 Å². The maximum Gasteiger partial charge on any atom is 0.335 e. The lowest BCUT2D eigenvalue weighted by atomic mass is 9.70. The highest BCUT2D eigenvalue weighted by molar-refractivity contribution is 7.00. The van der Waals surface area contributed by atoms with Gasteiger partial charge in [-0.1, -0.05) is 152 Å². The first-order valence-corrected chi connectivity index (χ1v) is 21.1. The van der Waals surface area contributed by atoms with Crippen LogP contribution in [0.5, 0.6) is 0 Å². The summed E-state index contributed by atoms with van der Waals surface area (Å²) in [7, 11) is 0. The highest BCUT2D eigenvalue weighted by Crippen LogP contribution is 2.57. The van der Waals surface area contributed by atoms with Crippen molar-refractivity contribution in [1.82, 2.24) is 13.3 Å². The quantitative estimate of drug-likeness (QED) is 0.0748. The Balaban J connectivity index is 1.32. The van der Waals surface area contributed by atoms with Gasteiger partial charge in [-0.3, -0.25) is 0 Å². The molecule has 0 saturated carbocycles. The second-order valence-corrected chi connectivity index (χ2v) is 15.7. The number of aromatic carboxylic acids is 1. The van der Waals surface area contributed by atoms with E-state index in [0.29, 0.717) is 0 Å². The number of hydrogen-bond acceptors (Lipinski definition) is 4. The lowest BCUT2D eigenvalue weighted by Crippen LogP contribution is -2.25. The molecule has 0 bridgehead atoms. The van der Waals surface area contributed by atoms with E-state index in [1.54, 1.807) is 23.3 Å². The van der Waals surface area contributed by atoms with Gasteiger partial charge < -0.3 is 9.67 Å². The van der Waals surface area contributed by atoms with Crippen LogP contribution >= 0.6 is 11.7 Å². The molecule has 1 aliphatic rings. The third-order valence-electron chi connectivity index (χ3n) is 11.6. The van der Waals surface area contributed by atoms with Crippen LogP contribution in [0.1, 0.15) is 143 Å². The first kappa shape index (κ1) is 37.6. The van der Waals surface area contributed by atoms with Crippen LogP contribution in [0.4, 0.5) is 0 Å². The third kappa shape index (κ3) is 7.36. The van der Waals surface area contributed by atoms with Crippen LogP contribution in [0, 0.1) is 11.8 Å². The summed E-state index contributed by atoms with van der Waals surface area (Å²) in [6.07, 6.45) is 17.5. The molecule has 6 heteroatoms. The Kier molecular flexibility index (Phi) is 11.9. The van der Waals surface area contributed by atoms with E-state index >= 15 is 0 Å². The molecule has 4 aromatic carbocycles. The molecular weight excluding hydrogens is 683 g/mol. The lowest BCUT2D eigenvalue weighted by molar-refractivity contribution is 0.0697. The van der Waals surface area contributed by atoms with Crippen LogP contribution in [-0.4, -0.2) is 24.4 Å². The van der Waals surface area contributed by atoms with Gasteiger partial charge in [0.2, 0.25) is 0 Å². The predicted molar refractivity (Wildman–Crippen MR) is 226 cm³/mol. The molecule has 0 atom stereocenters. The molecule has 0 aliphatic heterocycles. The Morgan fingerprint density at radius 3 is 2.11 bits per heavy atom. The molecule has 0 radical (unpaired) electrons. The van der Waals surface area contributed by atoms with Crippen LogP contribution in [0.25, 0.3) is 44.3 Å². The van der Waals surface area contributed by atoms with Gasteiger partial charge in [0.25, 0.3) is 0 Å². The molecule has 0 amide bonds. The summed E-state index contributed by atoms with van der Waals surface area (Å²) in [5, 5.41) is 10.8. The first-order chi connectivity index (χ1) is 26.5. The lowest BCUT2D eigenvalue weighted by Gasteiger charge is -2.32. The second kappa shape index (κ2) is 17.2. The zero-order chi connectivity index (χ0) is 37.5. The highest BCUT2D eigenvalue weighted by Gasteiger charge is 2.45. The number of rotatable bonds is 17. The molecule has 6 aromatic rings. The summed E-state index contributed by atoms with van der Waals surface area (Å²) in [6, 6.07) is 27.3. The van der Waals surface area contributed by atoms with Gasteiger partial charge in [0.15, 0.2) is 0 Å². The van der Waals surface area contributed by atoms with Crippen LogP contribution in [0.3, 0.4) is 0 Å². The van der Waals surface area contributed by atoms with Crippen LogP contribution in [0.15, 0.2) is 78.9 Å². The molecule has 0 unspecified atom stereocenters. The predicted octanol–water partition coefficient (Wildman–Crippen LogP) is 13.2. The number of nitrogens with zero attached hydrogens (tertiary/aromatic N) is 3. The molecule has 7 rings (SSSR count). The summed E-state index contributed by atoms with van der Waals surface area (Å²) in [5.74, 6) is 6.06. The Morgan fingerprint density at radius 1 is 0.722 bits per heavy atom. The molecule has 54 heavy (non-hydrogen) atoms. The van der Waals surface area contributed by atoms with Gasteiger partial charge in [-0.15, -0.1) is 0 Å². The average Bonchev–Trinajstić information content (AvgIpc) is 3.89. The Bertz CT molecular complexity index is 2290. The van der Waals surface area contributed by atoms with Crippen molar-refractivity contribution < 1.29 is 9.90 Å². The average molecular weight is 736 g/mol. The number of carbonyl (C=O) groups is 1. The van der Waals surface area contributed by atoms with E-state index < -0.39 is 5.97 Å². The summed E-state index contributed by atoms with van der Waals surface area (Å²) in [6.45, 7) is 7.92. The highest BCUT2D eigenvalue weighted by atomic mass is 32.1. The van der Waals surface area contributed by atoms with E-state index in [1.807, 2.05) is 24.3 Å². The standard InChI is InChI=1S/C48H53N3O2S/c1-4-7-10-15-30-48(31-16-11-8-5-2)41-19-14-13-18-39(41)46-43(48)40-28-21-34(33-42(40)51(46)32-17-12-9-6-3)20-22-36-27-29-38(45-44(36)49-54-50-45)35-23-25-37(26-24-35)47(52)53/h13-14,18-19,21,23-29,33H,4-12,15-17,30-32H2,1-3H3,(H,52,53). The maximum atomic E-state index is 11.4. The summed E-state index contributed by atoms with van der Waals surface area (Å²) < 4.78 is 11.9. The number of aromatic nitrogens is 3. The first-order valence-electron chi connectivity index (χ1n) is 20.4. The Labute approximate surface area is 325 Å². The van der Waals surface area contributed by atoms with Gasteiger partial charge in [0.05, 0.1) is 34.1 Å². The fourth-order valence-corrected chi connectivity index (χ4v) is 9.42. The zero-order valence-corrected chi connectivity index (χ0v) is 33.0. The van der Waals surface area contributed by atoms with Gasteiger partial charge in [0, 0.05) is 34.0 Å². The fraction of sp³-hybridized carbons (Fsp3) is 0.396.